The molecule has 1 amide bonds. The molecule has 1 fully saturated rings. The Labute approximate surface area is 161 Å². The number of carbonyl (C=O) groups excluding carboxylic acids is 1. The molecule has 1 aliphatic rings. The Balaban J connectivity index is 1.33. The minimum atomic E-state index is 0.0358. The Bertz CT molecular complexity index is 744. The summed E-state index contributed by atoms with van der Waals surface area (Å²) in [6, 6.07) is 8.71. The first-order chi connectivity index (χ1) is 13.0. The number of nitrogens with zero attached hydrogens (tertiary/aromatic N) is 3. The number of amides is 1. The molecule has 6 nitrogen and oxygen atoms in total. The van der Waals surface area contributed by atoms with E-state index < -0.39 is 0 Å². The molecule has 0 atom stereocenters. The third-order valence-electron chi connectivity index (χ3n) is 5.23. The van der Waals surface area contributed by atoms with Crippen molar-refractivity contribution in [1.29, 1.82) is 0 Å². The lowest BCUT2D eigenvalue weighted by atomic mass is 10.1. The average molecular weight is 370 g/mol. The molecule has 0 radical (unpaired) electrons. The van der Waals surface area contributed by atoms with Crippen LogP contribution in [0.2, 0.25) is 0 Å². The van der Waals surface area contributed by atoms with Gasteiger partial charge >= 0.3 is 0 Å². The first-order valence-electron chi connectivity index (χ1n) is 9.75. The molecule has 6 heteroatoms. The summed E-state index contributed by atoms with van der Waals surface area (Å²) in [6.07, 6.45) is 1.31. The van der Waals surface area contributed by atoms with Gasteiger partial charge in [0.2, 0.25) is 5.91 Å². The maximum absolute atomic E-state index is 12.1. The molecule has 3 rings (SSSR count). The zero-order chi connectivity index (χ0) is 19.2. The average Bonchev–Trinajstić information content (AvgIpc) is 2.98. The van der Waals surface area contributed by atoms with Gasteiger partial charge in [-0.15, -0.1) is 0 Å². The molecule has 0 spiro atoms. The van der Waals surface area contributed by atoms with Gasteiger partial charge in [-0.1, -0.05) is 17.3 Å². The summed E-state index contributed by atoms with van der Waals surface area (Å²) in [7, 11) is 0. The number of aromatic nitrogens is 1. The van der Waals surface area contributed by atoms with Crippen LogP contribution in [-0.2, 0) is 11.2 Å². The van der Waals surface area contributed by atoms with E-state index in [9.17, 15) is 4.79 Å². The smallest absolute Gasteiger partial charge is 0.224 e. The molecule has 1 saturated heterocycles. The van der Waals surface area contributed by atoms with Crippen LogP contribution in [0, 0.1) is 20.8 Å². The lowest BCUT2D eigenvalue weighted by Crippen LogP contribution is -2.47. The van der Waals surface area contributed by atoms with E-state index in [0.717, 1.165) is 56.2 Å². The number of anilines is 1. The molecular weight excluding hydrogens is 340 g/mol. The van der Waals surface area contributed by atoms with E-state index in [4.69, 9.17) is 4.52 Å². The van der Waals surface area contributed by atoms with Crippen LogP contribution >= 0.6 is 0 Å². The fourth-order valence-corrected chi connectivity index (χ4v) is 3.56. The van der Waals surface area contributed by atoms with Crippen molar-refractivity contribution < 1.29 is 9.32 Å². The number of hydrogen-bond donors (Lipinski definition) is 1. The lowest BCUT2D eigenvalue weighted by molar-refractivity contribution is -0.120. The Morgan fingerprint density at radius 1 is 1.19 bits per heavy atom. The zero-order valence-electron chi connectivity index (χ0n) is 16.6. The highest BCUT2D eigenvalue weighted by atomic mass is 16.5. The van der Waals surface area contributed by atoms with Crippen LogP contribution in [0.3, 0.4) is 0 Å². The van der Waals surface area contributed by atoms with E-state index in [1.165, 1.54) is 11.3 Å². The quantitative estimate of drug-likeness (QED) is 0.759. The third-order valence-corrected chi connectivity index (χ3v) is 5.23. The Morgan fingerprint density at radius 2 is 1.96 bits per heavy atom. The molecule has 1 aromatic carbocycles. The molecule has 1 aliphatic heterocycles. The Kier molecular flexibility index (Phi) is 6.50. The maximum Gasteiger partial charge on any atom is 0.224 e. The summed E-state index contributed by atoms with van der Waals surface area (Å²) in [5, 5.41) is 6.90. The number of carbonyl (C=O) groups is 1. The van der Waals surface area contributed by atoms with Gasteiger partial charge in [0.15, 0.2) is 0 Å². The number of rotatable bonds is 7. The van der Waals surface area contributed by atoms with Crippen molar-refractivity contribution >= 4 is 11.6 Å². The number of aryl methyl sites for hydroxylation is 3. The highest BCUT2D eigenvalue weighted by Crippen LogP contribution is 2.17. The highest BCUT2D eigenvalue weighted by Gasteiger charge is 2.17. The predicted molar refractivity (Wildman–Crippen MR) is 107 cm³/mol. The van der Waals surface area contributed by atoms with E-state index in [0.29, 0.717) is 13.0 Å². The lowest BCUT2D eigenvalue weighted by Gasteiger charge is -2.36. The van der Waals surface area contributed by atoms with Crippen LogP contribution in [0.25, 0.3) is 0 Å². The van der Waals surface area contributed by atoms with Crippen LogP contribution in [0.5, 0.6) is 0 Å². The van der Waals surface area contributed by atoms with Gasteiger partial charge in [-0.25, -0.2) is 0 Å². The van der Waals surface area contributed by atoms with Crippen LogP contribution in [0.1, 0.15) is 29.0 Å². The third kappa shape index (κ3) is 5.32. The van der Waals surface area contributed by atoms with Crippen molar-refractivity contribution in [3.05, 3.63) is 46.8 Å². The van der Waals surface area contributed by atoms with Crippen molar-refractivity contribution in [1.82, 2.24) is 15.4 Å². The normalized spacial score (nSPS) is 15.1. The SMILES string of the molecule is Cc1cccc(N2CCN(CCCNC(=O)Cc3c(C)noc3C)CC2)c1. The first kappa shape index (κ1) is 19.4. The van der Waals surface area contributed by atoms with Gasteiger partial charge in [-0.2, -0.15) is 0 Å². The minimum Gasteiger partial charge on any atom is -0.369 e. The molecule has 0 unspecified atom stereocenters. The van der Waals surface area contributed by atoms with E-state index in [1.807, 2.05) is 13.8 Å². The molecule has 2 heterocycles. The largest absolute Gasteiger partial charge is 0.369 e. The molecule has 0 aliphatic carbocycles. The second-order valence-electron chi connectivity index (χ2n) is 7.35. The fraction of sp³-hybridized carbons (Fsp3) is 0.524. The van der Waals surface area contributed by atoms with Crippen molar-refractivity contribution in [2.24, 2.45) is 0 Å². The number of hydrogen-bond acceptors (Lipinski definition) is 5. The van der Waals surface area contributed by atoms with Gasteiger partial charge < -0.3 is 14.7 Å². The standard InChI is InChI=1S/C21H30N4O2/c1-16-6-4-7-19(14-16)25-12-10-24(11-13-25)9-5-8-22-21(26)15-20-17(2)23-27-18(20)3/h4,6-7,14H,5,8-13,15H2,1-3H3,(H,22,26). The minimum absolute atomic E-state index is 0.0358. The fourth-order valence-electron chi connectivity index (χ4n) is 3.56. The maximum atomic E-state index is 12.1. The summed E-state index contributed by atoms with van der Waals surface area (Å²) in [4.78, 5) is 17.0. The van der Waals surface area contributed by atoms with E-state index >= 15 is 0 Å². The van der Waals surface area contributed by atoms with E-state index in [2.05, 4.69) is 51.5 Å². The van der Waals surface area contributed by atoms with Gasteiger partial charge in [0.25, 0.3) is 0 Å². The van der Waals surface area contributed by atoms with Crippen LogP contribution in [-0.4, -0.2) is 55.2 Å². The van der Waals surface area contributed by atoms with Crippen LogP contribution < -0.4 is 10.2 Å². The van der Waals surface area contributed by atoms with Crippen molar-refractivity contribution in [3.8, 4) is 0 Å². The van der Waals surface area contributed by atoms with Gasteiger partial charge in [0.05, 0.1) is 12.1 Å². The number of piperazine rings is 1. The van der Waals surface area contributed by atoms with Gasteiger partial charge in [-0.3, -0.25) is 9.69 Å². The molecule has 0 saturated carbocycles. The van der Waals surface area contributed by atoms with Crippen molar-refractivity contribution in [3.63, 3.8) is 0 Å². The first-order valence-corrected chi connectivity index (χ1v) is 9.75. The summed E-state index contributed by atoms with van der Waals surface area (Å²) in [5.74, 6) is 0.766. The van der Waals surface area contributed by atoms with Crippen LogP contribution in [0.15, 0.2) is 28.8 Å². The molecule has 146 valence electrons. The number of benzene rings is 1. The van der Waals surface area contributed by atoms with Crippen molar-refractivity contribution in [2.75, 3.05) is 44.2 Å². The predicted octanol–water partition coefficient (Wildman–Crippen LogP) is 2.47. The second-order valence-corrected chi connectivity index (χ2v) is 7.35. The van der Waals surface area contributed by atoms with E-state index in [1.54, 1.807) is 0 Å². The topological polar surface area (TPSA) is 61.6 Å². The second kappa shape index (κ2) is 9.04. The Hall–Kier alpha value is -2.34. The van der Waals surface area contributed by atoms with Crippen molar-refractivity contribution in [2.45, 2.75) is 33.6 Å². The number of nitrogens with one attached hydrogen (secondary N) is 1. The van der Waals surface area contributed by atoms with E-state index in [-0.39, 0.29) is 5.91 Å². The zero-order valence-corrected chi connectivity index (χ0v) is 16.6. The van der Waals surface area contributed by atoms with Gasteiger partial charge in [0.1, 0.15) is 5.76 Å². The summed E-state index contributed by atoms with van der Waals surface area (Å²) >= 11 is 0. The van der Waals surface area contributed by atoms with Crippen LogP contribution in [0.4, 0.5) is 5.69 Å². The summed E-state index contributed by atoms with van der Waals surface area (Å²) < 4.78 is 5.11. The molecule has 1 N–H and O–H groups in total. The Morgan fingerprint density at radius 3 is 2.63 bits per heavy atom. The molecule has 0 bridgehead atoms. The summed E-state index contributed by atoms with van der Waals surface area (Å²) in [6.45, 7) is 11.8. The molecule has 2 aromatic rings. The molecule has 1 aromatic heterocycles. The molecular formula is C21H30N4O2. The monoisotopic (exact) mass is 370 g/mol. The molecule has 27 heavy (non-hydrogen) atoms. The highest BCUT2D eigenvalue weighted by molar-refractivity contribution is 5.78. The van der Waals surface area contributed by atoms with Gasteiger partial charge in [0, 0.05) is 44.0 Å². The van der Waals surface area contributed by atoms with Gasteiger partial charge in [-0.05, 0) is 51.4 Å². The summed E-state index contributed by atoms with van der Waals surface area (Å²) in [5.41, 5.74) is 4.33.